The van der Waals surface area contributed by atoms with Crippen molar-refractivity contribution in [2.75, 3.05) is 13.2 Å². The molecule has 1 aliphatic carbocycles. The third-order valence-corrected chi connectivity index (χ3v) is 5.41. The first kappa shape index (κ1) is 17.2. The summed E-state index contributed by atoms with van der Waals surface area (Å²) in [6.45, 7) is 1.96. The Labute approximate surface area is 155 Å². The topological polar surface area (TPSA) is 42.4 Å². The number of hydrogen-bond donors (Lipinski definition) is 0. The summed E-state index contributed by atoms with van der Waals surface area (Å²) in [6.07, 6.45) is 8.72. The molecular formula is C22H26N2O2. The van der Waals surface area contributed by atoms with Crippen molar-refractivity contribution in [2.45, 2.75) is 51.2 Å². The Morgan fingerprint density at radius 3 is 2.77 bits per heavy atom. The maximum absolute atomic E-state index is 13.3. The van der Waals surface area contributed by atoms with Crippen LogP contribution < -0.4 is 0 Å². The third kappa shape index (κ3) is 3.96. The van der Waals surface area contributed by atoms with E-state index in [1.807, 2.05) is 29.2 Å². The van der Waals surface area contributed by atoms with Crippen LogP contribution in [0.2, 0.25) is 0 Å². The molecule has 2 heterocycles. The van der Waals surface area contributed by atoms with Gasteiger partial charge < -0.3 is 9.64 Å². The van der Waals surface area contributed by atoms with Crippen molar-refractivity contribution in [3.63, 3.8) is 0 Å². The zero-order valence-corrected chi connectivity index (χ0v) is 15.2. The zero-order chi connectivity index (χ0) is 17.8. The molecule has 0 N–H and O–H groups in total. The number of nitrogens with zero attached hydrogens (tertiary/aromatic N) is 2. The number of ether oxygens (including phenoxy) is 1. The van der Waals surface area contributed by atoms with E-state index in [4.69, 9.17) is 4.74 Å². The van der Waals surface area contributed by atoms with Crippen molar-refractivity contribution in [1.29, 1.82) is 0 Å². The predicted octanol–water partition coefficient (Wildman–Crippen LogP) is 3.78. The second kappa shape index (κ2) is 8.00. The molecule has 0 unspecified atom stereocenters. The molecule has 1 amide bonds. The SMILES string of the molecule is O=C(c1ccc2c(c1)CCCC2)N(Cc1ccccn1)C[C@@H]1CCCO1. The summed E-state index contributed by atoms with van der Waals surface area (Å²) in [7, 11) is 0. The summed E-state index contributed by atoms with van der Waals surface area (Å²) in [5.74, 6) is 0.0829. The normalized spacial score (nSPS) is 19.2. The van der Waals surface area contributed by atoms with Crippen molar-refractivity contribution < 1.29 is 9.53 Å². The molecule has 1 atom stereocenters. The van der Waals surface area contributed by atoms with E-state index in [9.17, 15) is 4.79 Å². The van der Waals surface area contributed by atoms with Gasteiger partial charge in [-0.15, -0.1) is 0 Å². The van der Waals surface area contributed by atoms with Gasteiger partial charge in [0.25, 0.3) is 5.91 Å². The minimum absolute atomic E-state index is 0.0829. The van der Waals surface area contributed by atoms with Crippen LogP contribution in [-0.4, -0.2) is 35.0 Å². The van der Waals surface area contributed by atoms with E-state index in [0.29, 0.717) is 13.1 Å². The number of aromatic nitrogens is 1. The molecule has 0 radical (unpaired) electrons. The monoisotopic (exact) mass is 350 g/mol. The first-order valence-electron chi connectivity index (χ1n) is 9.72. The average molecular weight is 350 g/mol. The van der Waals surface area contributed by atoms with Gasteiger partial charge in [0.15, 0.2) is 0 Å². The Bertz CT molecular complexity index is 754. The van der Waals surface area contributed by atoms with Crippen molar-refractivity contribution >= 4 is 5.91 Å². The highest BCUT2D eigenvalue weighted by atomic mass is 16.5. The fraction of sp³-hybridized carbons (Fsp3) is 0.455. The molecule has 2 aromatic rings. The lowest BCUT2D eigenvalue weighted by Gasteiger charge is -2.26. The Balaban J connectivity index is 1.56. The zero-order valence-electron chi connectivity index (χ0n) is 15.2. The van der Waals surface area contributed by atoms with Crippen molar-refractivity contribution in [2.24, 2.45) is 0 Å². The lowest BCUT2D eigenvalue weighted by molar-refractivity contribution is 0.0504. The van der Waals surface area contributed by atoms with Crippen LogP contribution in [0, 0.1) is 0 Å². The number of hydrogen-bond acceptors (Lipinski definition) is 3. The highest BCUT2D eigenvalue weighted by Gasteiger charge is 2.24. The third-order valence-electron chi connectivity index (χ3n) is 5.41. The summed E-state index contributed by atoms with van der Waals surface area (Å²) >= 11 is 0. The second-order valence-electron chi connectivity index (χ2n) is 7.33. The molecule has 1 aromatic heterocycles. The molecule has 4 nitrogen and oxygen atoms in total. The molecule has 26 heavy (non-hydrogen) atoms. The van der Waals surface area contributed by atoms with Crippen molar-refractivity contribution in [1.82, 2.24) is 9.88 Å². The van der Waals surface area contributed by atoms with Gasteiger partial charge in [-0.25, -0.2) is 0 Å². The highest BCUT2D eigenvalue weighted by Crippen LogP contribution is 2.24. The lowest BCUT2D eigenvalue weighted by Crippen LogP contribution is -2.37. The minimum atomic E-state index is 0.0829. The van der Waals surface area contributed by atoms with Crippen LogP contribution in [-0.2, 0) is 24.1 Å². The summed E-state index contributed by atoms with van der Waals surface area (Å²) < 4.78 is 5.78. The summed E-state index contributed by atoms with van der Waals surface area (Å²) in [5.41, 5.74) is 4.46. The Hall–Kier alpha value is -2.20. The van der Waals surface area contributed by atoms with Gasteiger partial charge in [-0.3, -0.25) is 9.78 Å². The molecule has 1 aliphatic heterocycles. The fourth-order valence-electron chi connectivity index (χ4n) is 3.99. The number of benzene rings is 1. The van der Waals surface area contributed by atoms with Gasteiger partial charge in [-0.2, -0.15) is 0 Å². The number of carbonyl (C=O) groups excluding carboxylic acids is 1. The van der Waals surface area contributed by atoms with Crippen LogP contribution >= 0.6 is 0 Å². The number of fused-ring (bicyclic) bond motifs is 1. The number of carbonyl (C=O) groups is 1. The van der Waals surface area contributed by atoms with E-state index in [0.717, 1.165) is 43.5 Å². The number of pyridine rings is 1. The minimum Gasteiger partial charge on any atom is -0.376 e. The van der Waals surface area contributed by atoms with Gasteiger partial charge >= 0.3 is 0 Å². The predicted molar refractivity (Wildman–Crippen MR) is 101 cm³/mol. The number of amides is 1. The van der Waals surface area contributed by atoms with Crippen LogP contribution in [0.25, 0.3) is 0 Å². The molecule has 0 saturated carbocycles. The number of aryl methyl sites for hydroxylation is 2. The standard InChI is InChI=1S/C22H26N2O2/c25-22(19-11-10-17-6-1-2-7-18(17)14-19)24(16-21-9-5-13-26-21)15-20-8-3-4-12-23-20/h3-4,8,10-12,14,21H,1-2,5-7,9,13,15-16H2/t21-/m0/s1. The smallest absolute Gasteiger partial charge is 0.254 e. The number of rotatable bonds is 5. The molecular weight excluding hydrogens is 324 g/mol. The average Bonchev–Trinajstić information content (AvgIpc) is 3.20. The first-order chi connectivity index (χ1) is 12.8. The van der Waals surface area contributed by atoms with Gasteiger partial charge in [0, 0.05) is 24.9 Å². The Morgan fingerprint density at radius 2 is 2.00 bits per heavy atom. The summed E-state index contributed by atoms with van der Waals surface area (Å²) in [5, 5.41) is 0. The van der Waals surface area contributed by atoms with Crippen molar-refractivity contribution in [3.05, 3.63) is 65.0 Å². The quantitative estimate of drug-likeness (QED) is 0.824. The molecule has 1 fully saturated rings. The van der Waals surface area contributed by atoms with Gasteiger partial charge in [0.2, 0.25) is 0 Å². The largest absolute Gasteiger partial charge is 0.376 e. The van der Waals surface area contributed by atoms with Crippen LogP contribution in [0.4, 0.5) is 0 Å². The van der Waals surface area contributed by atoms with Gasteiger partial charge in [0.1, 0.15) is 0 Å². The molecule has 136 valence electrons. The van der Waals surface area contributed by atoms with E-state index in [-0.39, 0.29) is 12.0 Å². The fourth-order valence-corrected chi connectivity index (χ4v) is 3.99. The van der Waals surface area contributed by atoms with E-state index >= 15 is 0 Å². The highest BCUT2D eigenvalue weighted by molar-refractivity contribution is 5.94. The van der Waals surface area contributed by atoms with Gasteiger partial charge in [-0.05, 0) is 73.9 Å². The maximum atomic E-state index is 13.3. The van der Waals surface area contributed by atoms with Gasteiger partial charge in [0.05, 0.1) is 18.3 Å². The Kier molecular flexibility index (Phi) is 5.30. The van der Waals surface area contributed by atoms with Gasteiger partial charge in [-0.1, -0.05) is 12.1 Å². The molecule has 1 saturated heterocycles. The first-order valence-corrected chi connectivity index (χ1v) is 9.72. The molecule has 4 heteroatoms. The van der Waals surface area contributed by atoms with E-state index < -0.39 is 0 Å². The van der Waals surface area contributed by atoms with E-state index in [2.05, 4.69) is 17.1 Å². The molecule has 2 aliphatic rings. The van der Waals surface area contributed by atoms with Crippen LogP contribution in [0.3, 0.4) is 0 Å². The molecule has 0 spiro atoms. The van der Waals surface area contributed by atoms with Crippen LogP contribution in [0.15, 0.2) is 42.6 Å². The summed E-state index contributed by atoms with van der Waals surface area (Å²) in [4.78, 5) is 19.6. The second-order valence-corrected chi connectivity index (χ2v) is 7.33. The van der Waals surface area contributed by atoms with E-state index in [1.54, 1.807) is 6.20 Å². The molecule has 1 aromatic carbocycles. The Morgan fingerprint density at radius 1 is 1.12 bits per heavy atom. The maximum Gasteiger partial charge on any atom is 0.254 e. The molecule has 0 bridgehead atoms. The van der Waals surface area contributed by atoms with Crippen LogP contribution in [0.1, 0.15) is 52.9 Å². The van der Waals surface area contributed by atoms with Crippen LogP contribution in [0.5, 0.6) is 0 Å². The summed E-state index contributed by atoms with van der Waals surface area (Å²) in [6, 6.07) is 12.1. The van der Waals surface area contributed by atoms with Crippen molar-refractivity contribution in [3.8, 4) is 0 Å². The van der Waals surface area contributed by atoms with E-state index in [1.165, 1.54) is 24.0 Å². The lowest BCUT2D eigenvalue weighted by atomic mass is 9.90. The molecule has 4 rings (SSSR count).